The molecule has 1 aromatic rings. The predicted octanol–water partition coefficient (Wildman–Crippen LogP) is 4.00. The van der Waals surface area contributed by atoms with E-state index in [1.54, 1.807) is 12.1 Å². The Morgan fingerprint density at radius 1 is 1.35 bits per heavy atom. The first-order chi connectivity index (χ1) is 9.47. The van der Waals surface area contributed by atoms with Gasteiger partial charge in [0.2, 0.25) is 5.91 Å². The summed E-state index contributed by atoms with van der Waals surface area (Å²) in [4.78, 5) is 14.0. The van der Waals surface area contributed by atoms with Crippen LogP contribution in [0.25, 0.3) is 6.08 Å². The largest absolute Gasteiger partial charge is 0.339 e. The van der Waals surface area contributed by atoms with E-state index in [0.29, 0.717) is 16.9 Å². The highest BCUT2D eigenvalue weighted by molar-refractivity contribution is 6.32. The number of hydrogen-bond acceptors (Lipinski definition) is 1. The Bertz CT molecular complexity index is 499. The molecule has 108 valence electrons. The first kappa shape index (κ1) is 15.0. The molecule has 1 aromatic carbocycles. The summed E-state index contributed by atoms with van der Waals surface area (Å²) in [5, 5.41) is 0.314. The van der Waals surface area contributed by atoms with Gasteiger partial charge in [0.05, 0.1) is 5.02 Å². The molecule has 1 heterocycles. The molecule has 2 nitrogen and oxygen atoms in total. The van der Waals surface area contributed by atoms with Gasteiger partial charge in [0.15, 0.2) is 0 Å². The molecule has 0 aromatic heterocycles. The molecule has 0 radical (unpaired) electrons. The van der Waals surface area contributed by atoms with Gasteiger partial charge in [-0.15, -0.1) is 0 Å². The van der Waals surface area contributed by atoms with Gasteiger partial charge in [0.25, 0.3) is 0 Å². The number of benzene rings is 1. The lowest BCUT2D eigenvalue weighted by atomic mass is 9.92. The van der Waals surface area contributed by atoms with Gasteiger partial charge in [-0.3, -0.25) is 4.79 Å². The van der Waals surface area contributed by atoms with Crippen molar-refractivity contribution in [3.63, 3.8) is 0 Å². The van der Waals surface area contributed by atoms with Crippen LogP contribution in [0.5, 0.6) is 0 Å². The maximum atomic E-state index is 13.6. The minimum Gasteiger partial charge on any atom is -0.339 e. The number of carbonyl (C=O) groups excluding carboxylic acids is 1. The number of piperidine rings is 1. The highest BCUT2D eigenvalue weighted by Crippen LogP contribution is 2.23. The van der Waals surface area contributed by atoms with Crippen LogP contribution in [0.4, 0.5) is 4.39 Å². The van der Waals surface area contributed by atoms with Crippen LogP contribution < -0.4 is 0 Å². The molecule has 0 saturated carbocycles. The summed E-state index contributed by atoms with van der Waals surface area (Å²) >= 11 is 5.93. The zero-order valence-electron chi connectivity index (χ0n) is 11.8. The van der Waals surface area contributed by atoms with Crippen molar-refractivity contribution in [2.45, 2.75) is 20.3 Å². The smallest absolute Gasteiger partial charge is 0.246 e. The molecule has 1 saturated heterocycles. The van der Waals surface area contributed by atoms with Crippen LogP contribution in [0.15, 0.2) is 24.3 Å². The Morgan fingerprint density at radius 2 is 2.00 bits per heavy atom. The summed E-state index contributed by atoms with van der Waals surface area (Å²) in [5.41, 5.74) is 0.264. The van der Waals surface area contributed by atoms with E-state index in [1.165, 1.54) is 18.2 Å². The summed E-state index contributed by atoms with van der Waals surface area (Å²) in [7, 11) is 0. The lowest BCUT2D eigenvalue weighted by Crippen LogP contribution is -2.41. The van der Waals surface area contributed by atoms with Crippen LogP contribution in [0.1, 0.15) is 25.8 Å². The van der Waals surface area contributed by atoms with Crippen molar-refractivity contribution in [1.82, 2.24) is 4.90 Å². The zero-order valence-corrected chi connectivity index (χ0v) is 12.5. The second kappa shape index (κ2) is 6.40. The first-order valence-electron chi connectivity index (χ1n) is 6.88. The van der Waals surface area contributed by atoms with E-state index in [2.05, 4.69) is 13.8 Å². The summed E-state index contributed by atoms with van der Waals surface area (Å²) < 4.78 is 13.6. The molecule has 1 aliphatic heterocycles. The Balaban J connectivity index is 2.09. The predicted molar refractivity (Wildman–Crippen MR) is 80.0 cm³/mol. The maximum absolute atomic E-state index is 13.6. The Kier molecular flexibility index (Phi) is 4.81. The van der Waals surface area contributed by atoms with E-state index in [-0.39, 0.29) is 11.5 Å². The fourth-order valence-electron chi connectivity index (χ4n) is 2.77. The number of hydrogen-bond donors (Lipinski definition) is 0. The average Bonchev–Trinajstić information content (AvgIpc) is 2.36. The molecule has 1 fully saturated rings. The van der Waals surface area contributed by atoms with E-state index >= 15 is 0 Å². The summed E-state index contributed by atoms with van der Waals surface area (Å²) in [6, 6.07) is 4.49. The molecule has 2 atom stereocenters. The molecule has 0 unspecified atom stereocenters. The molecule has 0 N–H and O–H groups in total. The summed E-state index contributed by atoms with van der Waals surface area (Å²) in [5.74, 6) is 0.519. The monoisotopic (exact) mass is 295 g/mol. The topological polar surface area (TPSA) is 20.3 Å². The Hall–Kier alpha value is -1.35. The molecular weight excluding hydrogens is 277 g/mol. The lowest BCUT2D eigenvalue weighted by Gasteiger charge is -2.34. The molecule has 0 aliphatic carbocycles. The number of rotatable bonds is 2. The minimum absolute atomic E-state index is 0.0808. The third kappa shape index (κ3) is 3.60. The SMILES string of the molecule is C[C@H]1C[C@H](C)CN(C(=O)/C=C/c2c(F)cccc2Cl)C1. The fourth-order valence-corrected chi connectivity index (χ4v) is 3.00. The van der Waals surface area contributed by atoms with Gasteiger partial charge in [-0.1, -0.05) is 31.5 Å². The number of nitrogens with zero attached hydrogens (tertiary/aromatic N) is 1. The van der Waals surface area contributed by atoms with E-state index in [9.17, 15) is 9.18 Å². The molecule has 1 aliphatic rings. The van der Waals surface area contributed by atoms with Gasteiger partial charge in [-0.2, -0.15) is 0 Å². The van der Waals surface area contributed by atoms with Crippen molar-refractivity contribution < 1.29 is 9.18 Å². The van der Waals surface area contributed by atoms with E-state index in [0.717, 1.165) is 19.5 Å². The molecule has 4 heteroatoms. The van der Waals surface area contributed by atoms with E-state index in [1.807, 2.05) is 4.90 Å². The molecule has 2 rings (SSSR count). The van der Waals surface area contributed by atoms with Crippen molar-refractivity contribution in [3.05, 3.63) is 40.7 Å². The second-order valence-electron chi connectivity index (χ2n) is 5.66. The summed E-state index contributed by atoms with van der Waals surface area (Å²) in [6.45, 7) is 5.82. The third-order valence-corrected chi connectivity index (χ3v) is 3.90. The number of carbonyl (C=O) groups is 1. The Labute approximate surface area is 124 Å². The van der Waals surface area contributed by atoms with Crippen molar-refractivity contribution in [1.29, 1.82) is 0 Å². The van der Waals surface area contributed by atoms with Crippen molar-refractivity contribution >= 4 is 23.6 Å². The lowest BCUT2D eigenvalue weighted by molar-refractivity contribution is -0.128. The Morgan fingerprint density at radius 3 is 2.60 bits per heavy atom. The van der Waals surface area contributed by atoms with Crippen LogP contribution >= 0.6 is 11.6 Å². The number of likely N-dealkylation sites (tertiary alicyclic amines) is 1. The highest BCUT2D eigenvalue weighted by Gasteiger charge is 2.24. The normalized spacial score (nSPS) is 23.3. The van der Waals surface area contributed by atoms with Crippen LogP contribution in [0.3, 0.4) is 0 Å². The fraction of sp³-hybridized carbons (Fsp3) is 0.438. The van der Waals surface area contributed by atoms with E-state index < -0.39 is 5.82 Å². The first-order valence-corrected chi connectivity index (χ1v) is 7.26. The van der Waals surface area contributed by atoms with Gasteiger partial charge < -0.3 is 4.90 Å². The van der Waals surface area contributed by atoms with Gasteiger partial charge in [-0.25, -0.2) is 4.39 Å². The molecule has 1 amide bonds. The second-order valence-corrected chi connectivity index (χ2v) is 6.07. The van der Waals surface area contributed by atoms with Crippen molar-refractivity contribution in [3.8, 4) is 0 Å². The highest BCUT2D eigenvalue weighted by atomic mass is 35.5. The average molecular weight is 296 g/mol. The van der Waals surface area contributed by atoms with Gasteiger partial charge in [0, 0.05) is 24.7 Å². The van der Waals surface area contributed by atoms with Gasteiger partial charge >= 0.3 is 0 Å². The quantitative estimate of drug-likeness (QED) is 0.755. The van der Waals surface area contributed by atoms with Gasteiger partial charge in [-0.05, 0) is 36.5 Å². The molecule has 20 heavy (non-hydrogen) atoms. The number of amides is 1. The van der Waals surface area contributed by atoms with Crippen LogP contribution in [-0.4, -0.2) is 23.9 Å². The maximum Gasteiger partial charge on any atom is 0.246 e. The van der Waals surface area contributed by atoms with Crippen molar-refractivity contribution in [2.24, 2.45) is 11.8 Å². The van der Waals surface area contributed by atoms with Crippen LogP contribution in [0, 0.1) is 17.7 Å². The standard InChI is InChI=1S/C16H19ClFNO/c1-11-8-12(2)10-19(9-11)16(20)7-6-13-14(17)4-3-5-15(13)18/h3-7,11-12H,8-10H2,1-2H3/b7-6+/t11-,12-/m0/s1. The molecule has 0 bridgehead atoms. The third-order valence-electron chi connectivity index (χ3n) is 3.57. The van der Waals surface area contributed by atoms with Gasteiger partial charge in [0.1, 0.15) is 5.82 Å². The minimum atomic E-state index is -0.415. The van der Waals surface area contributed by atoms with Crippen molar-refractivity contribution in [2.75, 3.05) is 13.1 Å². The van der Waals surface area contributed by atoms with Crippen LogP contribution in [-0.2, 0) is 4.79 Å². The van der Waals surface area contributed by atoms with E-state index in [4.69, 9.17) is 11.6 Å². The molecule has 0 spiro atoms. The number of halogens is 2. The summed E-state index contributed by atoms with van der Waals surface area (Å²) in [6.07, 6.45) is 4.02. The van der Waals surface area contributed by atoms with Crippen LogP contribution in [0.2, 0.25) is 5.02 Å². The molecular formula is C16H19ClFNO. The zero-order chi connectivity index (χ0) is 14.7.